The minimum Gasteiger partial charge on any atom is -0.382 e. The van der Waals surface area contributed by atoms with E-state index in [1.54, 1.807) is 12.1 Å². The van der Waals surface area contributed by atoms with Crippen molar-refractivity contribution in [2.75, 3.05) is 5.32 Å². The quantitative estimate of drug-likeness (QED) is 0.851. The topological polar surface area (TPSA) is 12.0 Å². The Morgan fingerprint density at radius 1 is 1.11 bits per heavy atom. The number of nitrogens with one attached hydrogen (secondary N) is 1. The van der Waals surface area contributed by atoms with Gasteiger partial charge in [-0.2, -0.15) is 0 Å². The molecular formula is C17H18FN. The van der Waals surface area contributed by atoms with Crippen molar-refractivity contribution < 1.29 is 4.39 Å². The van der Waals surface area contributed by atoms with Crippen LogP contribution in [0.1, 0.15) is 23.1 Å². The van der Waals surface area contributed by atoms with Gasteiger partial charge < -0.3 is 5.32 Å². The van der Waals surface area contributed by atoms with Crippen LogP contribution in [-0.4, -0.2) is 6.04 Å². The zero-order valence-corrected chi connectivity index (χ0v) is 11.1. The number of hydrogen-bond donors (Lipinski definition) is 1. The van der Waals surface area contributed by atoms with E-state index in [0.717, 1.165) is 30.5 Å². The molecule has 1 aliphatic rings. The molecule has 3 rings (SSSR count). The molecule has 0 aliphatic heterocycles. The monoisotopic (exact) mass is 255 g/mol. The molecule has 1 unspecified atom stereocenters. The second-order valence-corrected chi connectivity index (χ2v) is 5.37. The lowest BCUT2D eigenvalue weighted by Crippen LogP contribution is -2.27. The maximum atomic E-state index is 13.4. The lowest BCUT2D eigenvalue weighted by molar-refractivity contribution is 0.606. The van der Waals surface area contributed by atoms with Crippen LogP contribution in [0.4, 0.5) is 10.1 Å². The van der Waals surface area contributed by atoms with Crippen LogP contribution in [0, 0.1) is 12.7 Å². The fourth-order valence-electron chi connectivity index (χ4n) is 2.88. The van der Waals surface area contributed by atoms with Gasteiger partial charge in [0.05, 0.1) is 0 Å². The van der Waals surface area contributed by atoms with Crippen molar-refractivity contribution in [1.29, 1.82) is 0 Å². The Bertz CT molecular complexity index is 571. The van der Waals surface area contributed by atoms with Gasteiger partial charge in [0.2, 0.25) is 0 Å². The van der Waals surface area contributed by atoms with Gasteiger partial charge in [-0.1, -0.05) is 24.3 Å². The second kappa shape index (κ2) is 5.04. The van der Waals surface area contributed by atoms with Gasteiger partial charge in [-0.15, -0.1) is 0 Å². The van der Waals surface area contributed by atoms with Crippen molar-refractivity contribution in [1.82, 2.24) is 0 Å². The Balaban J connectivity index is 1.75. The van der Waals surface area contributed by atoms with Crippen LogP contribution in [-0.2, 0) is 12.8 Å². The molecule has 2 heteroatoms. The van der Waals surface area contributed by atoms with Crippen molar-refractivity contribution >= 4 is 5.69 Å². The van der Waals surface area contributed by atoms with Crippen molar-refractivity contribution in [2.45, 2.75) is 32.2 Å². The lowest BCUT2D eigenvalue weighted by Gasteiger charge is -2.26. The van der Waals surface area contributed by atoms with Gasteiger partial charge >= 0.3 is 0 Å². The van der Waals surface area contributed by atoms with E-state index in [4.69, 9.17) is 0 Å². The van der Waals surface area contributed by atoms with Gasteiger partial charge in [0.25, 0.3) is 0 Å². The molecule has 2 aromatic carbocycles. The van der Waals surface area contributed by atoms with E-state index in [0.29, 0.717) is 6.04 Å². The second-order valence-electron chi connectivity index (χ2n) is 5.37. The average Bonchev–Trinajstić information content (AvgIpc) is 2.37. The summed E-state index contributed by atoms with van der Waals surface area (Å²) >= 11 is 0. The third-order valence-electron chi connectivity index (χ3n) is 3.76. The van der Waals surface area contributed by atoms with Crippen molar-refractivity contribution in [3.05, 3.63) is 65.0 Å². The fourth-order valence-corrected chi connectivity index (χ4v) is 2.88. The molecule has 1 aliphatic carbocycles. The van der Waals surface area contributed by atoms with Gasteiger partial charge in [-0.3, -0.25) is 0 Å². The summed E-state index contributed by atoms with van der Waals surface area (Å²) in [6, 6.07) is 14.1. The van der Waals surface area contributed by atoms with E-state index in [-0.39, 0.29) is 5.82 Å². The molecule has 19 heavy (non-hydrogen) atoms. The van der Waals surface area contributed by atoms with Gasteiger partial charge in [-0.25, -0.2) is 4.39 Å². The van der Waals surface area contributed by atoms with E-state index < -0.39 is 0 Å². The summed E-state index contributed by atoms with van der Waals surface area (Å²) in [6.07, 6.45) is 3.22. The first kappa shape index (κ1) is 12.2. The van der Waals surface area contributed by atoms with Crippen LogP contribution in [0.5, 0.6) is 0 Å². The van der Waals surface area contributed by atoms with E-state index in [9.17, 15) is 4.39 Å². The number of hydrogen-bond acceptors (Lipinski definition) is 1. The van der Waals surface area contributed by atoms with Crippen LogP contribution in [0.25, 0.3) is 0 Å². The van der Waals surface area contributed by atoms with Crippen LogP contribution < -0.4 is 5.32 Å². The molecule has 0 spiro atoms. The van der Waals surface area contributed by atoms with Crippen LogP contribution >= 0.6 is 0 Å². The zero-order valence-electron chi connectivity index (χ0n) is 11.1. The third kappa shape index (κ3) is 2.78. The molecule has 1 nitrogen and oxygen atoms in total. The maximum absolute atomic E-state index is 13.4. The van der Waals surface area contributed by atoms with E-state index >= 15 is 0 Å². The Morgan fingerprint density at radius 3 is 2.68 bits per heavy atom. The zero-order chi connectivity index (χ0) is 13.2. The largest absolute Gasteiger partial charge is 0.382 e. The third-order valence-corrected chi connectivity index (χ3v) is 3.76. The highest BCUT2D eigenvalue weighted by Gasteiger charge is 2.18. The molecule has 1 N–H and O–H groups in total. The Hall–Kier alpha value is -1.83. The van der Waals surface area contributed by atoms with Crippen LogP contribution in [0.2, 0.25) is 0 Å². The summed E-state index contributed by atoms with van der Waals surface area (Å²) < 4.78 is 13.4. The van der Waals surface area contributed by atoms with Crippen molar-refractivity contribution in [3.8, 4) is 0 Å². The highest BCUT2D eigenvalue weighted by Crippen LogP contribution is 2.24. The lowest BCUT2D eigenvalue weighted by atomic mass is 9.88. The summed E-state index contributed by atoms with van der Waals surface area (Å²) in [5.41, 5.74) is 4.72. The molecule has 0 saturated carbocycles. The number of fused-ring (bicyclic) bond motifs is 1. The summed E-state index contributed by atoms with van der Waals surface area (Å²) in [5, 5.41) is 3.46. The summed E-state index contributed by atoms with van der Waals surface area (Å²) in [5.74, 6) is -0.168. The van der Waals surface area contributed by atoms with Crippen molar-refractivity contribution in [3.63, 3.8) is 0 Å². The smallest absolute Gasteiger partial charge is 0.125 e. The molecule has 0 aromatic heterocycles. The Labute approximate surface area is 113 Å². The number of anilines is 1. The number of benzene rings is 2. The number of rotatable bonds is 2. The van der Waals surface area contributed by atoms with Gasteiger partial charge in [-0.05, 0) is 61.1 Å². The molecule has 0 amide bonds. The average molecular weight is 255 g/mol. The number of aryl methyl sites for hydroxylation is 2. The standard InChI is InChI=1S/C17H18FN/c1-12-8-15(18)11-17(9-12)19-16-7-6-13-4-2-3-5-14(13)10-16/h2-5,8-9,11,16,19H,6-7,10H2,1H3. The summed E-state index contributed by atoms with van der Waals surface area (Å²) in [7, 11) is 0. The Morgan fingerprint density at radius 2 is 1.89 bits per heavy atom. The minimum atomic E-state index is -0.168. The summed E-state index contributed by atoms with van der Waals surface area (Å²) in [6.45, 7) is 1.92. The van der Waals surface area contributed by atoms with Crippen molar-refractivity contribution in [2.24, 2.45) is 0 Å². The normalized spacial score (nSPS) is 17.9. The molecule has 1 atom stereocenters. The van der Waals surface area contributed by atoms with Gasteiger partial charge in [0.1, 0.15) is 5.82 Å². The Kier molecular flexibility index (Phi) is 3.24. The van der Waals surface area contributed by atoms with Gasteiger partial charge in [0.15, 0.2) is 0 Å². The fraction of sp³-hybridized carbons (Fsp3) is 0.294. The predicted octanol–water partition coefficient (Wildman–Crippen LogP) is 4.10. The molecule has 2 aromatic rings. The SMILES string of the molecule is Cc1cc(F)cc(NC2CCc3ccccc3C2)c1. The molecule has 0 heterocycles. The van der Waals surface area contributed by atoms with E-state index in [1.807, 2.05) is 13.0 Å². The molecule has 0 saturated heterocycles. The first-order valence-electron chi connectivity index (χ1n) is 6.81. The molecular weight excluding hydrogens is 237 g/mol. The van der Waals surface area contributed by atoms with E-state index in [2.05, 4.69) is 29.6 Å². The van der Waals surface area contributed by atoms with Gasteiger partial charge in [0, 0.05) is 11.7 Å². The predicted molar refractivity (Wildman–Crippen MR) is 77.0 cm³/mol. The van der Waals surface area contributed by atoms with Crippen LogP contribution in [0.15, 0.2) is 42.5 Å². The highest BCUT2D eigenvalue weighted by molar-refractivity contribution is 5.47. The molecule has 0 bridgehead atoms. The minimum absolute atomic E-state index is 0.168. The first-order valence-corrected chi connectivity index (χ1v) is 6.81. The highest BCUT2D eigenvalue weighted by atomic mass is 19.1. The molecule has 0 fully saturated rings. The molecule has 98 valence electrons. The maximum Gasteiger partial charge on any atom is 0.125 e. The summed E-state index contributed by atoms with van der Waals surface area (Å²) in [4.78, 5) is 0. The molecule has 0 radical (unpaired) electrons. The van der Waals surface area contributed by atoms with Crippen LogP contribution in [0.3, 0.4) is 0 Å². The number of halogens is 1. The first-order chi connectivity index (χ1) is 9.20. The van der Waals surface area contributed by atoms with E-state index in [1.165, 1.54) is 11.1 Å².